The van der Waals surface area contributed by atoms with Crippen LogP contribution in [0.3, 0.4) is 0 Å². The highest BCUT2D eigenvalue weighted by atomic mass is 16.5. The van der Waals surface area contributed by atoms with Gasteiger partial charge in [0.1, 0.15) is 5.75 Å². The minimum atomic E-state index is -0.0654. The summed E-state index contributed by atoms with van der Waals surface area (Å²) in [6.45, 7) is 5.73. The zero-order chi connectivity index (χ0) is 25.1. The van der Waals surface area contributed by atoms with E-state index in [0.717, 1.165) is 57.6 Å². The van der Waals surface area contributed by atoms with Crippen molar-refractivity contribution in [3.05, 3.63) is 80.9 Å². The number of aromatic nitrogens is 5. The molecule has 0 radical (unpaired) electrons. The van der Waals surface area contributed by atoms with E-state index in [-0.39, 0.29) is 5.56 Å². The van der Waals surface area contributed by atoms with Gasteiger partial charge in [-0.15, -0.1) is 5.10 Å². The summed E-state index contributed by atoms with van der Waals surface area (Å²) in [5, 5.41) is 13.8. The van der Waals surface area contributed by atoms with E-state index >= 15 is 0 Å². The van der Waals surface area contributed by atoms with E-state index in [1.807, 2.05) is 41.9 Å². The number of rotatable bonds is 8. The molecule has 1 saturated carbocycles. The number of H-pyrrole nitrogens is 1. The molecule has 1 fully saturated rings. The molecule has 188 valence electrons. The van der Waals surface area contributed by atoms with Gasteiger partial charge in [-0.05, 0) is 66.4 Å². The number of nitrogens with zero attached hydrogens (tertiary/aromatic N) is 5. The van der Waals surface area contributed by atoms with E-state index < -0.39 is 0 Å². The van der Waals surface area contributed by atoms with Gasteiger partial charge in [0.15, 0.2) is 5.82 Å². The molecular formula is C28H34N6O2. The third kappa shape index (κ3) is 5.18. The molecule has 1 aliphatic rings. The molecule has 0 atom stereocenters. The molecule has 0 amide bonds. The zero-order valence-electron chi connectivity index (χ0n) is 21.3. The lowest BCUT2D eigenvalue weighted by Crippen LogP contribution is -2.29. The smallest absolute Gasteiger partial charge is 0.252 e. The van der Waals surface area contributed by atoms with Gasteiger partial charge in [-0.25, -0.2) is 4.68 Å². The Morgan fingerprint density at radius 2 is 1.81 bits per heavy atom. The topological polar surface area (TPSA) is 88.9 Å². The second-order valence-corrected chi connectivity index (χ2v) is 9.96. The maximum atomic E-state index is 13.1. The Labute approximate surface area is 211 Å². The number of pyridine rings is 1. The fraction of sp³-hybridized carbons (Fsp3) is 0.429. The Morgan fingerprint density at radius 1 is 1.03 bits per heavy atom. The number of tetrazole rings is 1. The van der Waals surface area contributed by atoms with Gasteiger partial charge in [-0.3, -0.25) is 9.69 Å². The molecule has 1 N–H and O–H groups in total. The van der Waals surface area contributed by atoms with E-state index in [1.165, 1.54) is 19.3 Å². The molecule has 2 heterocycles. The quantitative estimate of drug-likeness (QED) is 0.383. The standard InChI is InChI=1S/C28H34N6O2/c1-19-13-20(2)24-15-22(28(35)29-25(24)14-19)17-33(16-21-9-7-8-12-26(21)36-3)18-27-30-31-32-34(27)23-10-5-4-6-11-23/h7-9,12-15,23H,4-6,10-11,16-18H2,1-3H3,(H,29,35). The number of methoxy groups -OCH3 is 1. The van der Waals surface area contributed by atoms with Crippen molar-refractivity contribution >= 4 is 10.9 Å². The number of hydrogen-bond acceptors (Lipinski definition) is 6. The van der Waals surface area contributed by atoms with Crippen LogP contribution in [0.25, 0.3) is 10.9 Å². The van der Waals surface area contributed by atoms with Gasteiger partial charge in [0, 0.05) is 35.1 Å². The first-order valence-electron chi connectivity index (χ1n) is 12.8. The van der Waals surface area contributed by atoms with Crippen molar-refractivity contribution in [2.45, 2.75) is 71.6 Å². The number of benzene rings is 2. The maximum Gasteiger partial charge on any atom is 0.252 e. The number of nitrogens with one attached hydrogen (secondary N) is 1. The summed E-state index contributed by atoms with van der Waals surface area (Å²) >= 11 is 0. The first-order valence-corrected chi connectivity index (χ1v) is 12.8. The highest BCUT2D eigenvalue weighted by Crippen LogP contribution is 2.29. The van der Waals surface area contributed by atoms with Crippen molar-refractivity contribution in [2.24, 2.45) is 0 Å². The minimum Gasteiger partial charge on any atom is -0.496 e. The highest BCUT2D eigenvalue weighted by molar-refractivity contribution is 5.83. The van der Waals surface area contributed by atoms with Gasteiger partial charge in [0.25, 0.3) is 5.56 Å². The Hall–Kier alpha value is -3.52. The molecule has 2 aromatic heterocycles. The molecule has 36 heavy (non-hydrogen) atoms. The summed E-state index contributed by atoms with van der Waals surface area (Å²) in [6, 6.07) is 14.6. The van der Waals surface area contributed by atoms with Gasteiger partial charge in [0.05, 0.1) is 19.7 Å². The van der Waals surface area contributed by atoms with E-state index in [1.54, 1.807) is 7.11 Å². The zero-order valence-corrected chi connectivity index (χ0v) is 21.3. The van der Waals surface area contributed by atoms with Crippen molar-refractivity contribution in [3.63, 3.8) is 0 Å². The number of aryl methyl sites for hydroxylation is 2. The normalized spacial score (nSPS) is 14.6. The molecule has 2 aromatic carbocycles. The summed E-state index contributed by atoms with van der Waals surface area (Å²) in [6.07, 6.45) is 5.90. The van der Waals surface area contributed by atoms with Crippen molar-refractivity contribution in [3.8, 4) is 5.75 Å². The van der Waals surface area contributed by atoms with E-state index in [4.69, 9.17) is 4.74 Å². The Balaban J connectivity index is 1.49. The SMILES string of the molecule is COc1ccccc1CN(Cc1cc2c(C)cc(C)cc2[nH]c1=O)Cc1nnnn1C1CCCCC1. The third-order valence-electron chi connectivity index (χ3n) is 7.22. The minimum absolute atomic E-state index is 0.0654. The van der Waals surface area contributed by atoms with Crippen LogP contribution in [0.5, 0.6) is 5.75 Å². The average Bonchev–Trinajstić information content (AvgIpc) is 3.33. The van der Waals surface area contributed by atoms with Crippen LogP contribution >= 0.6 is 0 Å². The van der Waals surface area contributed by atoms with Crippen LogP contribution in [0.4, 0.5) is 0 Å². The van der Waals surface area contributed by atoms with Crippen molar-refractivity contribution < 1.29 is 4.74 Å². The Morgan fingerprint density at radius 3 is 2.61 bits per heavy atom. The second-order valence-electron chi connectivity index (χ2n) is 9.96. The molecule has 8 nitrogen and oxygen atoms in total. The summed E-state index contributed by atoms with van der Waals surface area (Å²) in [5.41, 5.74) is 4.88. The number of hydrogen-bond donors (Lipinski definition) is 1. The summed E-state index contributed by atoms with van der Waals surface area (Å²) < 4.78 is 7.62. The molecule has 0 aliphatic heterocycles. The van der Waals surface area contributed by atoms with E-state index in [0.29, 0.717) is 25.7 Å². The van der Waals surface area contributed by atoms with Crippen LogP contribution in [0, 0.1) is 13.8 Å². The van der Waals surface area contributed by atoms with Gasteiger partial charge in [0.2, 0.25) is 0 Å². The van der Waals surface area contributed by atoms with Gasteiger partial charge >= 0.3 is 0 Å². The summed E-state index contributed by atoms with van der Waals surface area (Å²) in [5.74, 6) is 1.66. The summed E-state index contributed by atoms with van der Waals surface area (Å²) in [7, 11) is 1.69. The fourth-order valence-corrected chi connectivity index (χ4v) is 5.44. The predicted octanol–water partition coefficient (Wildman–Crippen LogP) is 4.85. The van der Waals surface area contributed by atoms with Crippen LogP contribution < -0.4 is 10.3 Å². The van der Waals surface area contributed by atoms with Gasteiger partial charge in [-0.1, -0.05) is 43.5 Å². The number of aromatic amines is 1. The fourth-order valence-electron chi connectivity index (χ4n) is 5.44. The van der Waals surface area contributed by atoms with Crippen molar-refractivity contribution in [1.29, 1.82) is 0 Å². The Kier molecular flexibility index (Phi) is 7.13. The monoisotopic (exact) mass is 486 g/mol. The third-order valence-corrected chi connectivity index (χ3v) is 7.22. The number of fused-ring (bicyclic) bond motifs is 1. The van der Waals surface area contributed by atoms with Gasteiger partial charge < -0.3 is 9.72 Å². The molecule has 0 spiro atoms. The number of ether oxygens (including phenoxy) is 1. The molecule has 0 saturated heterocycles. The Bertz CT molecular complexity index is 1400. The lowest BCUT2D eigenvalue weighted by molar-refractivity contribution is 0.222. The lowest BCUT2D eigenvalue weighted by atomic mass is 9.95. The van der Waals surface area contributed by atoms with Crippen molar-refractivity contribution in [2.75, 3.05) is 7.11 Å². The van der Waals surface area contributed by atoms with Crippen molar-refractivity contribution in [1.82, 2.24) is 30.1 Å². The van der Waals surface area contributed by atoms with Crippen LogP contribution in [0.1, 0.15) is 66.2 Å². The van der Waals surface area contributed by atoms with Crippen LogP contribution in [-0.4, -0.2) is 37.2 Å². The summed E-state index contributed by atoms with van der Waals surface area (Å²) in [4.78, 5) is 18.5. The number of para-hydroxylation sites is 1. The first-order chi connectivity index (χ1) is 17.5. The molecule has 0 bridgehead atoms. The predicted molar refractivity (Wildman–Crippen MR) is 140 cm³/mol. The van der Waals surface area contributed by atoms with Crippen LogP contribution in [0.2, 0.25) is 0 Å². The van der Waals surface area contributed by atoms with Crippen LogP contribution in [0.15, 0.2) is 47.3 Å². The molecule has 5 rings (SSSR count). The van der Waals surface area contributed by atoms with Gasteiger partial charge in [-0.2, -0.15) is 0 Å². The molecule has 1 aliphatic carbocycles. The van der Waals surface area contributed by atoms with E-state index in [2.05, 4.69) is 44.5 Å². The van der Waals surface area contributed by atoms with Crippen LogP contribution in [-0.2, 0) is 19.6 Å². The highest BCUT2D eigenvalue weighted by Gasteiger charge is 2.22. The second kappa shape index (κ2) is 10.6. The molecular weight excluding hydrogens is 452 g/mol. The average molecular weight is 487 g/mol. The first kappa shape index (κ1) is 24.2. The van der Waals surface area contributed by atoms with E-state index in [9.17, 15) is 4.79 Å². The molecule has 4 aromatic rings. The maximum absolute atomic E-state index is 13.1. The molecule has 0 unspecified atom stereocenters. The molecule has 8 heteroatoms. The largest absolute Gasteiger partial charge is 0.496 e. The lowest BCUT2D eigenvalue weighted by Gasteiger charge is -2.26.